The standard InChI is InChI=1S/C5H11NO/c1-3-5-6(4-2)7-5/h5H,3-4H2,1-2H3. The highest BCUT2D eigenvalue weighted by molar-refractivity contribution is 4.59. The lowest BCUT2D eigenvalue weighted by Gasteiger charge is -1.82. The maximum atomic E-state index is 5.05. The molecular weight excluding hydrogens is 90.1 g/mol. The van der Waals surface area contributed by atoms with E-state index in [1.165, 1.54) is 0 Å². The minimum Gasteiger partial charge on any atom is -0.275 e. The summed E-state index contributed by atoms with van der Waals surface area (Å²) in [7, 11) is 0. The van der Waals surface area contributed by atoms with Crippen molar-refractivity contribution in [1.82, 2.24) is 5.06 Å². The highest BCUT2D eigenvalue weighted by atomic mass is 16.8. The maximum absolute atomic E-state index is 5.05. The molecule has 7 heavy (non-hydrogen) atoms. The van der Waals surface area contributed by atoms with Gasteiger partial charge < -0.3 is 0 Å². The molecule has 1 fully saturated rings. The van der Waals surface area contributed by atoms with Gasteiger partial charge in [0.05, 0.1) is 0 Å². The van der Waals surface area contributed by atoms with Crippen LogP contribution in [-0.4, -0.2) is 17.8 Å². The van der Waals surface area contributed by atoms with Crippen LogP contribution >= 0.6 is 0 Å². The fourth-order valence-corrected chi connectivity index (χ4v) is 0.685. The third-order valence-electron chi connectivity index (χ3n) is 1.19. The van der Waals surface area contributed by atoms with E-state index in [1.54, 1.807) is 0 Å². The Morgan fingerprint density at radius 3 is 2.43 bits per heavy atom. The van der Waals surface area contributed by atoms with Crippen LogP contribution in [0.5, 0.6) is 0 Å². The first-order valence-corrected chi connectivity index (χ1v) is 2.82. The second-order valence-electron chi connectivity index (χ2n) is 1.70. The molecule has 2 nitrogen and oxygen atoms in total. The maximum Gasteiger partial charge on any atom is 0.154 e. The average molecular weight is 101 g/mol. The second kappa shape index (κ2) is 1.80. The fourth-order valence-electron chi connectivity index (χ4n) is 0.685. The van der Waals surface area contributed by atoms with E-state index in [0.29, 0.717) is 6.23 Å². The largest absolute Gasteiger partial charge is 0.275 e. The quantitative estimate of drug-likeness (QED) is 0.482. The molecule has 0 aromatic carbocycles. The van der Waals surface area contributed by atoms with Crippen LogP contribution in [0.4, 0.5) is 0 Å². The predicted molar refractivity (Wildman–Crippen MR) is 27.5 cm³/mol. The Morgan fingerprint density at radius 1 is 1.57 bits per heavy atom. The SMILES string of the molecule is CCC1ON1CC. The second-order valence-corrected chi connectivity index (χ2v) is 1.70. The average Bonchev–Trinajstić information content (AvgIpc) is 2.43. The number of rotatable bonds is 2. The summed E-state index contributed by atoms with van der Waals surface area (Å²) in [4.78, 5) is 5.05. The summed E-state index contributed by atoms with van der Waals surface area (Å²) in [6.45, 7) is 5.24. The van der Waals surface area contributed by atoms with Crippen LogP contribution in [0.15, 0.2) is 0 Å². The molecule has 0 bridgehead atoms. The number of hydrogen-bond acceptors (Lipinski definition) is 2. The van der Waals surface area contributed by atoms with Gasteiger partial charge in [0, 0.05) is 6.54 Å². The summed E-state index contributed by atoms with van der Waals surface area (Å²) in [5, 5.41) is 1.97. The Bertz CT molecular complexity index is 57.1. The summed E-state index contributed by atoms with van der Waals surface area (Å²) in [5.41, 5.74) is 0. The van der Waals surface area contributed by atoms with Crippen LogP contribution in [0.1, 0.15) is 20.3 Å². The Hall–Kier alpha value is -0.0800. The lowest BCUT2D eigenvalue weighted by Crippen LogP contribution is -1.97. The summed E-state index contributed by atoms with van der Waals surface area (Å²) in [5.74, 6) is 0. The van der Waals surface area contributed by atoms with Crippen molar-refractivity contribution in [2.45, 2.75) is 26.5 Å². The van der Waals surface area contributed by atoms with Crippen LogP contribution in [0, 0.1) is 0 Å². The third kappa shape index (κ3) is 0.924. The third-order valence-corrected chi connectivity index (χ3v) is 1.19. The van der Waals surface area contributed by atoms with Gasteiger partial charge in [-0.2, -0.15) is 5.06 Å². The van der Waals surface area contributed by atoms with Gasteiger partial charge in [0.15, 0.2) is 6.23 Å². The number of nitrogens with zero attached hydrogens (tertiary/aromatic N) is 1. The molecule has 0 aromatic heterocycles. The molecule has 42 valence electrons. The molecule has 1 heterocycles. The highest BCUT2D eigenvalue weighted by Gasteiger charge is 2.31. The van der Waals surface area contributed by atoms with Crippen LogP contribution in [0.2, 0.25) is 0 Å². The molecule has 0 N–H and O–H groups in total. The molecule has 0 aliphatic carbocycles. The van der Waals surface area contributed by atoms with Gasteiger partial charge in [0.25, 0.3) is 0 Å². The van der Waals surface area contributed by atoms with Gasteiger partial charge in [-0.05, 0) is 13.3 Å². The van der Waals surface area contributed by atoms with Crippen LogP contribution in [0.25, 0.3) is 0 Å². The minimum atomic E-state index is 0.449. The van der Waals surface area contributed by atoms with Crippen molar-refractivity contribution in [3.05, 3.63) is 0 Å². The van der Waals surface area contributed by atoms with E-state index in [2.05, 4.69) is 13.8 Å². The Kier molecular flexibility index (Phi) is 1.30. The van der Waals surface area contributed by atoms with Crippen molar-refractivity contribution in [2.75, 3.05) is 6.54 Å². The molecule has 0 spiro atoms. The summed E-state index contributed by atoms with van der Waals surface area (Å²) >= 11 is 0. The summed E-state index contributed by atoms with van der Waals surface area (Å²) < 4.78 is 0. The van der Waals surface area contributed by atoms with Gasteiger partial charge in [-0.3, -0.25) is 4.84 Å². The van der Waals surface area contributed by atoms with Crippen LogP contribution < -0.4 is 0 Å². The van der Waals surface area contributed by atoms with E-state index in [9.17, 15) is 0 Å². The number of hydroxylamine groups is 2. The first-order valence-electron chi connectivity index (χ1n) is 2.82. The lowest BCUT2D eigenvalue weighted by molar-refractivity contribution is 0.206. The van der Waals surface area contributed by atoms with Gasteiger partial charge >= 0.3 is 0 Å². The molecule has 0 saturated carbocycles. The molecule has 0 aromatic rings. The number of hydrogen-bond donors (Lipinski definition) is 0. The van der Waals surface area contributed by atoms with Crippen molar-refractivity contribution in [2.24, 2.45) is 0 Å². The highest BCUT2D eigenvalue weighted by Crippen LogP contribution is 2.20. The van der Waals surface area contributed by atoms with Crippen molar-refractivity contribution in [3.63, 3.8) is 0 Å². The van der Waals surface area contributed by atoms with Gasteiger partial charge in [-0.25, -0.2) is 0 Å². The zero-order chi connectivity index (χ0) is 5.28. The van der Waals surface area contributed by atoms with Crippen molar-refractivity contribution in [1.29, 1.82) is 0 Å². The van der Waals surface area contributed by atoms with E-state index < -0.39 is 0 Å². The molecule has 1 aliphatic heterocycles. The first-order chi connectivity index (χ1) is 3.38. The monoisotopic (exact) mass is 101 g/mol. The van der Waals surface area contributed by atoms with E-state index in [4.69, 9.17) is 4.84 Å². The lowest BCUT2D eigenvalue weighted by atomic mass is 10.5. The predicted octanol–water partition coefficient (Wildman–Crippen LogP) is 0.990. The molecule has 2 heteroatoms. The molecule has 1 saturated heterocycles. The van der Waals surface area contributed by atoms with E-state index in [-0.39, 0.29) is 0 Å². The minimum absolute atomic E-state index is 0.449. The summed E-state index contributed by atoms with van der Waals surface area (Å²) in [6.07, 6.45) is 1.57. The Morgan fingerprint density at radius 2 is 2.29 bits per heavy atom. The first kappa shape index (κ1) is 5.06. The Balaban J connectivity index is 2.06. The van der Waals surface area contributed by atoms with E-state index >= 15 is 0 Å². The van der Waals surface area contributed by atoms with Crippen molar-refractivity contribution < 1.29 is 4.84 Å². The van der Waals surface area contributed by atoms with Crippen LogP contribution in [-0.2, 0) is 4.84 Å². The molecule has 1 rings (SSSR count). The normalized spacial score (nSPS) is 38.6. The van der Waals surface area contributed by atoms with Gasteiger partial charge in [-0.1, -0.05) is 6.92 Å². The zero-order valence-corrected chi connectivity index (χ0v) is 4.85. The molecular formula is C5H11NO. The van der Waals surface area contributed by atoms with E-state index in [1.807, 2.05) is 5.06 Å². The van der Waals surface area contributed by atoms with Crippen LogP contribution in [0.3, 0.4) is 0 Å². The zero-order valence-electron chi connectivity index (χ0n) is 4.85. The molecule has 2 unspecified atom stereocenters. The van der Waals surface area contributed by atoms with Gasteiger partial charge in [-0.15, -0.1) is 0 Å². The summed E-state index contributed by atoms with van der Waals surface area (Å²) in [6, 6.07) is 0. The smallest absolute Gasteiger partial charge is 0.154 e. The van der Waals surface area contributed by atoms with E-state index in [0.717, 1.165) is 13.0 Å². The molecule has 2 atom stereocenters. The van der Waals surface area contributed by atoms with Gasteiger partial charge in [0.1, 0.15) is 0 Å². The molecule has 0 amide bonds. The topological polar surface area (TPSA) is 15.5 Å². The van der Waals surface area contributed by atoms with Gasteiger partial charge in [0.2, 0.25) is 0 Å². The Labute approximate surface area is 44.0 Å². The fraction of sp³-hybridized carbons (Fsp3) is 1.00. The van der Waals surface area contributed by atoms with Crippen molar-refractivity contribution >= 4 is 0 Å². The van der Waals surface area contributed by atoms with Crippen molar-refractivity contribution in [3.8, 4) is 0 Å². The molecule has 1 aliphatic rings. The molecule has 0 radical (unpaired) electrons.